The van der Waals surface area contributed by atoms with Crippen LogP contribution in [0, 0.1) is 0 Å². The van der Waals surface area contributed by atoms with Crippen LogP contribution in [0.25, 0.3) is 0 Å². The number of aromatic nitrogens is 2. The van der Waals surface area contributed by atoms with E-state index in [1.807, 2.05) is 0 Å². The molecule has 1 fully saturated rings. The number of nitrogens with one attached hydrogen (secondary N) is 1. The van der Waals surface area contributed by atoms with Crippen LogP contribution in [0.15, 0.2) is 4.47 Å². The van der Waals surface area contributed by atoms with Crippen LogP contribution in [0.4, 0.5) is 0 Å². The molecule has 19 heavy (non-hydrogen) atoms. The third kappa shape index (κ3) is 3.73. The van der Waals surface area contributed by atoms with Crippen molar-refractivity contribution in [2.45, 2.75) is 70.5 Å². The van der Waals surface area contributed by atoms with Crippen molar-refractivity contribution in [2.75, 3.05) is 0 Å². The highest BCUT2D eigenvalue weighted by atomic mass is 79.9. The predicted molar refractivity (Wildman–Crippen MR) is 83.7 cm³/mol. The topological polar surface area (TPSA) is 29.9 Å². The summed E-state index contributed by atoms with van der Waals surface area (Å²) in [5, 5.41) is 8.68. The van der Waals surface area contributed by atoms with Crippen molar-refractivity contribution in [2.24, 2.45) is 0 Å². The fourth-order valence-corrected chi connectivity index (χ4v) is 3.64. The van der Waals surface area contributed by atoms with E-state index in [9.17, 15) is 0 Å². The van der Waals surface area contributed by atoms with Gasteiger partial charge >= 0.3 is 0 Å². The number of alkyl halides is 1. The lowest BCUT2D eigenvalue weighted by molar-refractivity contribution is 0.371. The Kier molecular flexibility index (Phi) is 5.72. The number of aryl methyl sites for hydroxylation is 2. The monoisotopic (exact) mass is 347 g/mol. The van der Waals surface area contributed by atoms with Crippen LogP contribution in [0.5, 0.6) is 0 Å². The van der Waals surface area contributed by atoms with Gasteiger partial charge in [0.15, 0.2) is 0 Å². The lowest BCUT2D eigenvalue weighted by Gasteiger charge is -2.26. The van der Waals surface area contributed by atoms with Gasteiger partial charge in [0.2, 0.25) is 0 Å². The molecular formula is C14H23BrClN3. The van der Waals surface area contributed by atoms with Gasteiger partial charge in [0, 0.05) is 24.5 Å². The van der Waals surface area contributed by atoms with E-state index in [2.05, 4.69) is 44.9 Å². The summed E-state index contributed by atoms with van der Waals surface area (Å²) in [7, 11) is 0. The van der Waals surface area contributed by atoms with E-state index in [0.717, 1.165) is 38.0 Å². The highest BCUT2D eigenvalue weighted by molar-refractivity contribution is 9.10. The molecule has 108 valence electrons. The van der Waals surface area contributed by atoms with Gasteiger partial charge in [0.05, 0.1) is 15.9 Å². The second-order valence-corrected chi connectivity index (χ2v) is 6.62. The SMILES string of the molecule is CCc1nn(CC)c(CNC2CCC(Cl)CC2)c1Br. The largest absolute Gasteiger partial charge is 0.308 e. The molecule has 0 amide bonds. The van der Waals surface area contributed by atoms with E-state index >= 15 is 0 Å². The molecule has 1 aliphatic rings. The minimum atomic E-state index is 0.387. The van der Waals surface area contributed by atoms with Gasteiger partial charge in [-0.05, 0) is 55.0 Å². The van der Waals surface area contributed by atoms with E-state index < -0.39 is 0 Å². The first kappa shape index (κ1) is 15.3. The maximum absolute atomic E-state index is 6.14. The third-order valence-corrected chi connectivity index (χ3v) is 5.26. The highest BCUT2D eigenvalue weighted by Gasteiger charge is 2.20. The van der Waals surface area contributed by atoms with Gasteiger partial charge in [0.25, 0.3) is 0 Å². The third-order valence-electron chi connectivity index (χ3n) is 3.91. The van der Waals surface area contributed by atoms with E-state index in [4.69, 9.17) is 11.6 Å². The zero-order valence-corrected chi connectivity index (χ0v) is 14.1. The second kappa shape index (κ2) is 7.09. The molecular weight excluding hydrogens is 326 g/mol. The van der Waals surface area contributed by atoms with Crippen LogP contribution in [-0.2, 0) is 19.5 Å². The van der Waals surface area contributed by atoms with Crippen LogP contribution in [0.3, 0.4) is 0 Å². The van der Waals surface area contributed by atoms with Gasteiger partial charge in [-0.25, -0.2) is 0 Å². The molecule has 0 radical (unpaired) electrons. The van der Waals surface area contributed by atoms with Crippen molar-refractivity contribution in [1.82, 2.24) is 15.1 Å². The molecule has 0 atom stereocenters. The van der Waals surface area contributed by atoms with Gasteiger partial charge < -0.3 is 5.32 Å². The summed E-state index contributed by atoms with van der Waals surface area (Å²) >= 11 is 9.84. The summed E-state index contributed by atoms with van der Waals surface area (Å²) in [6.45, 7) is 6.09. The maximum atomic E-state index is 6.14. The maximum Gasteiger partial charge on any atom is 0.0767 e. The molecule has 1 heterocycles. The smallest absolute Gasteiger partial charge is 0.0767 e. The number of halogens is 2. The molecule has 1 saturated carbocycles. The Labute approximate surface area is 129 Å². The number of nitrogens with zero attached hydrogens (tertiary/aromatic N) is 2. The Hall–Kier alpha value is -0.0600. The van der Waals surface area contributed by atoms with E-state index in [1.165, 1.54) is 23.0 Å². The van der Waals surface area contributed by atoms with Crippen molar-refractivity contribution < 1.29 is 0 Å². The first-order chi connectivity index (χ1) is 9.15. The zero-order chi connectivity index (χ0) is 13.8. The molecule has 1 aromatic rings. The molecule has 1 N–H and O–H groups in total. The van der Waals surface area contributed by atoms with Gasteiger partial charge in [-0.2, -0.15) is 5.10 Å². The summed E-state index contributed by atoms with van der Waals surface area (Å²) in [6, 6.07) is 0.604. The fourth-order valence-electron chi connectivity index (χ4n) is 2.68. The lowest BCUT2D eigenvalue weighted by atomic mass is 9.95. The molecule has 0 aliphatic heterocycles. The molecule has 0 bridgehead atoms. The lowest BCUT2D eigenvalue weighted by Crippen LogP contribution is -2.33. The van der Waals surface area contributed by atoms with Crippen LogP contribution in [0.1, 0.15) is 50.9 Å². The number of rotatable bonds is 5. The fraction of sp³-hybridized carbons (Fsp3) is 0.786. The molecule has 0 spiro atoms. The van der Waals surface area contributed by atoms with Crippen molar-refractivity contribution in [3.05, 3.63) is 15.9 Å². The van der Waals surface area contributed by atoms with Crippen LogP contribution in [-0.4, -0.2) is 21.2 Å². The van der Waals surface area contributed by atoms with Crippen molar-refractivity contribution >= 4 is 27.5 Å². The Balaban J connectivity index is 1.97. The van der Waals surface area contributed by atoms with E-state index in [1.54, 1.807) is 0 Å². The summed E-state index contributed by atoms with van der Waals surface area (Å²) < 4.78 is 3.28. The van der Waals surface area contributed by atoms with Gasteiger partial charge in [-0.1, -0.05) is 6.92 Å². The van der Waals surface area contributed by atoms with Crippen LogP contribution >= 0.6 is 27.5 Å². The zero-order valence-electron chi connectivity index (χ0n) is 11.8. The normalized spacial score (nSPS) is 23.8. The van der Waals surface area contributed by atoms with Crippen molar-refractivity contribution in [3.63, 3.8) is 0 Å². The quantitative estimate of drug-likeness (QED) is 0.819. The first-order valence-electron chi connectivity index (χ1n) is 7.27. The van der Waals surface area contributed by atoms with Gasteiger partial charge in [-0.3, -0.25) is 4.68 Å². The van der Waals surface area contributed by atoms with Crippen molar-refractivity contribution in [3.8, 4) is 0 Å². The summed E-state index contributed by atoms with van der Waals surface area (Å²) in [4.78, 5) is 0. The summed E-state index contributed by atoms with van der Waals surface area (Å²) in [6.07, 6.45) is 5.61. The molecule has 1 aliphatic carbocycles. The molecule has 2 rings (SSSR count). The molecule has 0 saturated heterocycles. The molecule has 1 aromatic heterocycles. The summed E-state index contributed by atoms with van der Waals surface area (Å²) in [5.41, 5.74) is 2.43. The Morgan fingerprint density at radius 1 is 1.32 bits per heavy atom. The molecule has 0 unspecified atom stereocenters. The predicted octanol–water partition coefficient (Wildman–Crippen LogP) is 3.87. The molecule has 0 aromatic carbocycles. The molecule has 3 nitrogen and oxygen atoms in total. The van der Waals surface area contributed by atoms with Gasteiger partial charge in [0.1, 0.15) is 0 Å². The Bertz CT molecular complexity index is 411. The average molecular weight is 349 g/mol. The number of hydrogen-bond acceptors (Lipinski definition) is 2. The minimum absolute atomic E-state index is 0.387. The van der Waals surface area contributed by atoms with E-state index in [0.29, 0.717) is 11.4 Å². The standard InChI is InChI=1S/C14H23BrClN3/c1-3-12-14(15)13(19(4-2)18-12)9-17-11-7-5-10(16)6-8-11/h10-11,17H,3-9H2,1-2H3. The second-order valence-electron chi connectivity index (χ2n) is 5.21. The number of hydrogen-bond donors (Lipinski definition) is 1. The Morgan fingerprint density at radius 2 is 2.00 bits per heavy atom. The van der Waals surface area contributed by atoms with E-state index in [-0.39, 0.29) is 0 Å². The average Bonchev–Trinajstić information content (AvgIpc) is 2.74. The summed E-state index contributed by atoms with van der Waals surface area (Å²) in [5.74, 6) is 0. The molecule has 5 heteroatoms. The van der Waals surface area contributed by atoms with Crippen LogP contribution in [0.2, 0.25) is 0 Å². The first-order valence-corrected chi connectivity index (χ1v) is 8.50. The van der Waals surface area contributed by atoms with Crippen LogP contribution < -0.4 is 5.32 Å². The Morgan fingerprint density at radius 3 is 2.58 bits per heavy atom. The van der Waals surface area contributed by atoms with Gasteiger partial charge in [-0.15, -0.1) is 11.6 Å². The van der Waals surface area contributed by atoms with Crippen molar-refractivity contribution in [1.29, 1.82) is 0 Å². The highest BCUT2D eigenvalue weighted by Crippen LogP contribution is 2.25. The minimum Gasteiger partial charge on any atom is -0.308 e.